The summed E-state index contributed by atoms with van der Waals surface area (Å²) in [5.41, 5.74) is 5.87. The molecule has 0 saturated heterocycles. The van der Waals surface area contributed by atoms with Crippen LogP contribution in [0.4, 0.5) is 5.82 Å². The molecule has 0 fully saturated rings. The SMILES string of the molecule is [B]n1ncc(C(=O)Sc2ccccn2)c1N. The van der Waals surface area contributed by atoms with Gasteiger partial charge in [0.2, 0.25) is 5.12 Å². The highest BCUT2D eigenvalue weighted by atomic mass is 32.2. The number of rotatable bonds is 2. The fourth-order valence-electron chi connectivity index (χ4n) is 1.09. The molecule has 2 rings (SSSR count). The minimum atomic E-state index is -0.229. The van der Waals surface area contributed by atoms with E-state index in [2.05, 4.69) is 10.1 Å². The third kappa shape index (κ3) is 2.09. The fourth-order valence-corrected chi connectivity index (χ4v) is 1.80. The predicted molar refractivity (Wildman–Crippen MR) is 62.2 cm³/mol. The number of nitrogens with zero attached hydrogens (tertiary/aromatic N) is 3. The first-order valence-electron chi connectivity index (χ1n) is 4.40. The number of carbonyl (C=O) groups is 1. The maximum absolute atomic E-state index is 11.8. The van der Waals surface area contributed by atoms with Gasteiger partial charge >= 0.3 is 0 Å². The summed E-state index contributed by atoms with van der Waals surface area (Å²) >= 11 is 0.985. The summed E-state index contributed by atoms with van der Waals surface area (Å²) in [5, 5.41) is 4.07. The quantitative estimate of drug-likeness (QED) is 0.607. The molecule has 0 aromatic carbocycles. The van der Waals surface area contributed by atoms with Crippen LogP contribution in [0, 0.1) is 0 Å². The largest absolute Gasteiger partial charge is 0.384 e. The van der Waals surface area contributed by atoms with Crippen LogP contribution >= 0.6 is 11.8 Å². The molecule has 0 spiro atoms. The first-order chi connectivity index (χ1) is 7.68. The van der Waals surface area contributed by atoms with E-state index < -0.39 is 0 Å². The van der Waals surface area contributed by atoms with Gasteiger partial charge in [-0.2, -0.15) is 5.10 Å². The highest BCUT2D eigenvalue weighted by Crippen LogP contribution is 2.22. The lowest BCUT2D eigenvalue weighted by Gasteiger charge is -1.99. The molecule has 78 valence electrons. The molecule has 2 heterocycles. The van der Waals surface area contributed by atoms with E-state index in [-0.39, 0.29) is 16.5 Å². The second-order valence-electron chi connectivity index (χ2n) is 2.95. The summed E-state index contributed by atoms with van der Waals surface area (Å²) in [6.07, 6.45) is 2.96. The Morgan fingerprint density at radius 1 is 1.50 bits per heavy atom. The molecule has 0 aliphatic carbocycles. The van der Waals surface area contributed by atoms with E-state index in [9.17, 15) is 4.79 Å². The molecular formula is C9H7BN4OS. The Labute approximate surface area is 97.5 Å². The zero-order chi connectivity index (χ0) is 11.5. The summed E-state index contributed by atoms with van der Waals surface area (Å²) < 4.78 is 0.964. The number of thioether (sulfide) groups is 1. The number of anilines is 1. The van der Waals surface area contributed by atoms with Gasteiger partial charge in [-0.1, -0.05) is 6.07 Å². The maximum atomic E-state index is 11.8. The lowest BCUT2D eigenvalue weighted by Crippen LogP contribution is -2.04. The van der Waals surface area contributed by atoms with Crippen molar-refractivity contribution in [1.82, 2.24) is 14.7 Å². The normalized spacial score (nSPS) is 10.2. The first kappa shape index (κ1) is 10.8. The fraction of sp³-hybridized carbons (Fsp3) is 0. The Kier molecular flexibility index (Phi) is 2.96. The Bertz CT molecular complexity index is 513. The van der Waals surface area contributed by atoms with Gasteiger partial charge in [0.25, 0.3) is 7.98 Å². The van der Waals surface area contributed by atoms with Crippen LogP contribution in [0.2, 0.25) is 0 Å². The van der Waals surface area contributed by atoms with Crippen molar-refractivity contribution in [2.45, 2.75) is 5.03 Å². The van der Waals surface area contributed by atoms with E-state index in [4.69, 9.17) is 13.7 Å². The number of nitrogen functional groups attached to an aromatic ring is 1. The van der Waals surface area contributed by atoms with Gasteiger partial charge in [0.05, 0.1) is 11.8 Å². The average molecular weight is 230 g/mol. The molecule has 0 aliphatic rings. The minimum Gasteiger partial charge on any atom is -0.384 e. The molecule has 0 atom stereocenters. The highest BCUT2D eigenvalue weighted by molar-refractivity contribution is 8.14. The average Bonchev–Trinajstić information content (AvgIpc) is 2.61. The van der Waals surface area contributed by atoms with Crippen molar-refractivity contribution in [1.29, 1.82) is 0 Å². The molecule has 0 bridgehead atoms. The molecule has 2 aromatic rings. The van der Waals surface area contributed by atoms with E-state index in [1.165, 1.54) is 6.20 Å². The second kappa shape index (κ2) is 4.40. The van der Waals surface area contributed by atoms with Crippen molar-refractivity contribution >= 4 is 30.7 Å². The molecule has 2 N–H and O–H groups in total. The third-order valence-electron chi connectivity index (χ3n) is 1.89. The molecule has 2 aromatic heterocycles. The molecule has 7 heteroatoms. The molecule has 2 radical (unpaired) electrons. The third-order valence-corrected chi connectivity index (χ3v) is 2.74. The van der Waals surface area contributed by atoms with E-state index in [0.29, 0.717) is 5.03 Å². The van der Waals surface area contributed by atoms with Gasteiger partial charge in [0.15, 0.2) is 0 Å². The number of hydrogen-bond acceptors (Lipinski definition) is 5. The van der Waals surface area contributed by atoms with Crippen molar-refractivity contribution in [2.75, 3.05) is 5.73 Å². The van der Waals surface area contributed by atoms with Gasteiger partial charge in [-0.25, -0.2) is 4.98 Å². The van der Waals surface area contributed by atoms with Crippen LogP contribution in [0.5, 0.6) is 0 Å². The van der Waals surface area contributed by atoms with E-state index in [1.807, 2.05) is 0 Å². The molecule has 5 nitrogen and oxygen atoms in total. The van der Waals surface area contributed by atoms with Crippen molar-refractivity contribution in [3.05, 3.63) is 36.2 Å². The summed E-state index contributed by atoms with van der Waals surface area (Å²) in [6.45, 7) is 0. The lowest BCUT2D eigenvalue weighted by atomic mass is 10.3. The van der Waals surface area contributed by atoms with Gasteiger partial charge in [0, 0.05) is 6.20 Å². The van der Waals surface area contributed by atoms with Crippen LogP contribution in [0.3, 0.4) is 0 Å². The Balaban J connectivity index is 2.18. The number of carbonyl (C=O) groups excluding carboxylic acids is 1. The van der Waals surface area contributed by atoms with Crippen molar-refractivity contribution in [2.24, 2.45) is 0 Å². The van der Waals surface area contributed by atoms with Crippen LogP contribution in [-0.4, -0.2) is 27.8 Å². The van der Waals surface area contributed by atoms with Crippen molar-refractivity contribution in [3.63, 3.8) is 0 Å². The number of aromatic nitrogens is 3. The number of nitrogens with two attached hydrogens (primary N) is 1. The Morgan fingerprint density at radius 2 is 2.31 bits per heavy atom. The minimum absolute atomic E-state index is 0.147. The first-order valence-corrected chi connectivity index (χ1v) is 5.22. The second-order valence-corrected chi connectivity index (χ2v) is 3.94. The Morgan fingerprint density at radius 3 is 2.88 bits per heavy atom. The zero-order valence-electron chi connectivity index (χ0n) is 8.20. The standard InChI is InChI=1S/C9H7BN4OS/c10-14-8(11)6(5-13-14)9(15)16-7-3-1-2-4-12-7/h1-5H,11H2. The summed E-state index contributed by atoms with van der Waals surface area (Å²) in [7, 11) is 5.38. The molecule has 0 saturated carbocycles. The molecule has 0 aliphatic heterocycles. The number of hydrogen-bond donors (Lipinski definition) is 1. The predicted octanol–water partition coefficient (Wildman–Crippen LogP) is 0.724. The van der Waals surface area contributed by atoms with Gasteiger partial charge in [-0.3, -0.25) is 4.79 Å². The van der Waals surface area contributed by atoms with Crippen LogP contribution in [0.1, 0.15) is 10.4 Å². The zero-order valence-corrected chi connectivity index (χ0v) is 9.02. The van der Waals surface area contributed by atoms with Gasteiger partial charge in [-0.05, 0) is 23.9 Å². The van der Waals surface area contributed by atoms with Gasteiger partial charge < -0.3 is 10.3 Å². The van der Waals surface area contributed by atoms with E-state index >= 15 is 0 Å². The summed E-state index contributed by atoms with van der Waals surface area (Å²) in [5.74, 6) is 0.147. The Hall–Kier alpha value is -1.76. The van der Waals surface area contributed by atoms with E-state index in [0.717, 1.165) is 16.4 Å². The van der Waals surface area contributed by atoms with Crippen LogP contribution in [-0.2, 0) is 0 Å². The van der Waals surface area contributed by atoms with Crippen LogP contribution < -0.4 is 5.73 Å². The summed E-state index contributed by atoms with van der Waals surface area (Å²) in [6, 6.07) is 5.32. The van der Waals surface area contributed by atoms with Crippen molar-refractivity contribution < 1.29 is 4.79 Å². The molecule has 0 amide bonds. The number of pyridine rings is 1. The maximum Gasteiger partial charge on any atom is 0.267 e. The smallest absolute Gasteiger partial charge is 0.267 e. The van der Waals surface area contributed by atoms with E-state index in [1.54, 1.807) is 24.4 Å². The topological polar surface area (TPSA) is 73.8 Å². The van der Waals surface area contributed by atoms with Crippen LogP contribution in [0.15, 0.2) is 35.6 Å². The van der Waals surface area contributed by atoms with Crippen molar-refractivity contribution in [3.8, 4) is 0 Å². The molecular weight excluding hydrogens is 223 g/mol. The molecule has 0 unspecified atom stereocenters. The van der Waals surface area contributed by atoms with Gasteiger partial charge in [-0.15, -0.1) is 0 Å². The molecule has 16 heavy (non-hydrogen) atoms. The van der Waals surface area contributed by atoms with Gasteiger partial charge in [0.1, 0.15) is 10.8 Å². The highest BCUT2D eigenvalue weighted by Gasteiger charge is 2.15. The van der Waals surface area contributed by atoms with Crippen LogP contribution in [0.25, 0.3) is 0 Å². The summed E-state index contributed by atoms with van der Waals surface area (Å²) in [4.78, 5) is 15.8. The monoisotopic (exact) mass is 230 g/mol. The lowest BCUT2D eigenvalue weighted by molar-refractivity contribution is 0.108.